The molecule has 0 aromatic carbocycles. The molecule has 0 aromatic heterocycles. The highest BCUT2D eigenvalue weighted by molar-refractivity contribution is 6.24. The Kier molecular flexibility index (Phi) is 5.87. The fourth-order valence-electron chi connectivity index (χ4n) is 0.593. The monoisotopic (exact) mass is 174 g/mol. The first kappa shape index (κ1) is 10.4. The summed E-state index contributed by atoms with van der Waals surface area (Å²) >= 11 is 0. The van der Waals surface area contributed by atoms with E-state index in [4.69, 9.17) is 4.43 Å². The Morgan fingerprint density at radius 1 is 1.73 bits per heavy atom. The van der Waals surface area contributed by atoms with Crippen LogP contribution in [0, 0.1) is 0 Å². The van der Waals surface area contributed by atoms with Crippen molar-refractivity contribution in [3.63, 3.8) is 0 Å². The van der Waals surface area contributed by atoms with Gasteiger partial charge in [0.05, 0.1) is 12.6 Å². The molecule has 4 nitrogen and oxygen atoms in total. The standard InChI is InChI=1S/C6H14N2O2Si/c1-5(10-11-3)4-7-8-6(2)9/h5H,4,11H2,1-3H3. The van der Waals surface area contributed by atoms with Gasteiger partial charge in [-0.25, -0.2) is 0 Å². The number of hydrogen-bond acceptors (Lipinski definition) is 3. The van der Waals surface area contributed by atoms with E-state index in [-0.39, 0.29) is 21.8 Å². The molecule has 0 aliphatic rings. The SMILES string of the molecule is C[SiH2]OC(C)CN=NC(C)=O. The van der Waals surface area contributed by atoms with Gasteiger partial charge in [0.1, 0.15) is 0 Å². The second-order valence-electron chi connectivity index (χ2n) is 2.21. The molecule has 11 heavy (non-hydrogen) atoms. The third kappa shape index (κ3) is 7.34. The minimum atomic E-state index is -0.367. The average Bonchev–Trinajstić information content (AvgIpc) is 1.87. The first-order chi connectivity index (χ1) is 5.16. The van der Waals surface area contributed by atoms with Crippen LogP contribution in [0.5, 0.6) is 0 Å². The maximum atomic E-state index is 10.3. The Balaban J connectivity index is 3.44. The third-order valence-electron chi connectivity index (χ3n) is 1.00. The van der Waals surface area contributed by atoms with Crippen molar-refractivity contribution in [2.45, 2.75) is 26.5 Å². The molecule has 0 aliphatic heterocycles. The van der Waals surface area contributed by atoms with E-state index in [0.29, 0.717) is 6.54 Å². The Morgan fingerprint density at radius 2 is 2.36 bits per heavy atom. The van der Waals surface area contributed by atoms with Crippen LogP contribution in [-0.4, -0.2) is 28.3 Å². The number of carbonyl (C=O) groups excluding carboxylic acids is 1. The van der Waals surface area contributed by atoms with Gasteiger partial charge in [-0.1, -0.05) is 6.55 Å². The molecule has 0 fully saturated rings. The maximum absolute atomic E-state index is 10.3. The molecule has 0 N–H and O–H groups in total. The van der Waals surface area contributed by atoms with E-state index in [1.807, 2.05) is 6.92 Å². The Bertz CT molecular complexity index is 150. The lowest BCUT2D eigenvalue weighted by Crippen LogP contribution is -2.12. The first-order valence-corrected chi connectivity index (χ1v) is 5.65. The number of carbonyl (C=O) groups is 1. The number of amides is 1. The number of rotatable bonds is 4. The lowest BCUT2D eigenvalue weighted by atomic mass is 10.4. The predicted octanol–water partition coefficient (Wildman–Crippen LogP) is 0.522. The summed E-state index contributed by atoms with van der Waals surface area (Å²) in [5.41, 5.74) is 0. The molecule has 0 aromatic rings. The number of nitrogens with zero attached hydrogens (tertiary/aromatic N) is 2. The van der Waals surface area contributed by atoms with Crippen molar-refractivity contribution in [3.05, 3.63) is 0 Å². The Morgan fingerprint density at radius 3 is 2.82 bits per heavy atom. The molecular weight excluding hydrogens is 160 g/mol. The van der Waals surface area contributed by atoms with Crippen LogP contribution in [0.3, 0.4) is 0 Å². The van der Waals surface area contributed by atoms with Crippen LogP contribution < -0.4 is 0 Å². The van der Waals surface area contributed by atoms with Gasteiger partial charge in [-0.15, -0.1) is 5.11 Å². The summed E-state index contributed by atoms with van der Waals surface area (Å²) in [6.45, 7) is 5.85. The fraction of sp³-hybridized carbons (Fsp3) is 0.833. The van der Waals surface area contributed by atoms with Crippen LogP contribution in [-0.2, 0) is 9.22 Å². The van der Waals surface area contributed by atoms with E-state index < -0.39 is 0 Å². The number of azo groups is 1. The van der Waals surface area contributed by atoms with Gasteiger partial charge in [-0.3, -0.25) is 4.79 Å². The van der Waals surface area contributed by atoms with Gasteiger partial charge < -0.3 is 4.43 Å². The van der Waals surface area contributed by atoms with Gasteiger partial charge in [-0.05, 0) is 6.92 Å². The lowest BCUT2D eigenvalue weighted by molar-refractivity contribution is -0.116. The van der Waals surface area contributed by atoms with E-state index in [9.17, 15) is 4.79 Å². The molecule has 1 unspecified atom stereocenters. The average molecular weight is 174 g/mol. The Hall–Kier alpha value is -0.553. The minimum Gasteiger partial charge on any atom is -0.420 e. The molecule has 0 aliphatic carbocycles. The first-order valence-electron chi connectivity index (χ1n) is 3.66. The van der Waals surface area contributed by atoms with Gasteiger partial charge >= 0.3 is 0 Å². The predicted molar refractivity (Wildman–Crippen MR) is 45.4 cm³/mol. The molecular formula is C6H14N2O2Si. The van der Waals surface area contributed by atoms with Crippen molar-refractivity contribution in [1.82, 2.24) is 0 Å². The van der Waals surface area contributed by atoms with Crippen molar-refractivity contribution in [2.75, 3.05) is 6.54 Å². The van der Waals surface area contributed by atoms with Crippen LogP contribution in [0.4, 0.5) is 0 Å². The van der Waals surface area contributed by atoms with Crippen molar-refractivity contribution in [3.8, 4) is 0 Å². The minimum absolute atomic E-state index is 0.106. The van der Waals surface area contributed by atoms with Gasteiger partial charge in [0.15, 0.2) is 9.76 Å². The zero-order chi connectivity index (χ0) is 8.69. The van der Waals surface area contributed by atoms with Gasteiger partial charge in [-0.2, -0.15) is 5.11 Å². The second kappa shape index (κ2) is 6.18. The van der Waals surface area contributed by atoms with E-state index in [2.05, 4.69) is 16.8 Å². The normalized spacial score (nSPS) is 14.8. The second-order valence-corrected chi connectivity index (χ2v) is 3.12. The number of hydrogen-bond donors (Lipinski definition) is 0. The molecule has 0 rings (SSSR count). The maximum Gasteiger partial charge on any atom is 0.261 e. The largest absolute Gasteiger partial charge is 0.420 e. The Labute approximate surface area is 69.0 Å². The molecule has 0 bridgehead atoms. The highest BCUT2D eigenvalue weighted by Crippen LogP contribution is 1.90. The van der Waals surface area contributed by atoms with Gasteiger partial charge in [0.25, 0.3) is 5.91 Å². The van der Waals surface area contributed by atoms with Crippen molar-refractivity contribution in [1.29, 1.82) is 0 Å². The van der Waals surface area contributed by atoms with Crippen molar-refractivity contribution >= 4 is 15.7 Å². The van der Waals surface area contributed by atoms with Crippen LogP contribution in [0.2, 0.25) is 6.55 Å². The smallest absolute Gasteiger partial charge is 0.261 e. The van der Waals surface area contributed by atoms with Crippen LogP contribution in [0.25, 0.3) is 0 Å². The molecule has 0 saturated carbocycles. The summed E-state index contributed by atoms with van der Waals surface area (Å²) in [5.74, 6) is -0.258. The molecule has 1 amide bonds. The summed E-state index contributed by atoms with van der Waals surface area (Å²) in [7, 11) is -0.367. The molecule has 1 atom stereocenters. The molecule has 0 radical (unpaired) electrons. The highest BCUT2D eigenvalue weighted by atomic mass is 28.2. The molecule has 5 heteroatoms. The zero-order valence-electron chi connectivity index (χ0n) is 7.20. The van der Waals surface area contributed by atoms with Crippen LogP contribution >= 0.6 is 0 Å². The lowest BCUT2D eigenvalue weighted by Gasteiger charge is -2.06. The van der Waals surface area contributed by atoms with Crippen LogP contribution in [0.15, 0.2) is 10.2 Å². The van der Waals surface area contributed by atoms with E-state index in [1.165, 1.54) is 6.92 Å². The summed E-state index contributed by atoms with van der Waals surface area (Å²) in [6, 6.07) is 0. The molecule has 0 saturated heterocycles. The summed E-state index contributed by atoms with van der Waals surface area (Å²) in [5, 5.41) is 7.03. The van der Waals surface area contributed by atoms with Crippen molar-refractivity contribution in [2.24, 2.45) is 10.2 Å². The summed E-state index contributed by atoms with van der Waals surface area (Å²) in [6.07, 6.45) is 0.106. The highest BCUT2D eigenvalue weighted by Gasteiger charge is 1.97. The van der Waals surface area contributed by atoms with E-state index in [0.717, 1.165) is 0 Å². The third-order valence-corrected chi connectivity index (χ3v) is 1.90. The molecule has 64 valence electrons. The topological polar surface area (TPSA) is 51.0 Å². The van der Waals surface area contributed by atoms with Gasteiger partial charge in [0.2, 0.25) is 0 Å². The van der Waals surface area contributed by atoms with E-state index in [1.54, 1.807) is 0 Å². The summed E-state index contributed by atoms with van der Waals surface area (Å²) in [4.78, 5) is 10.3. The summed E-state index contributed by atoms with van der Waals surface area (Å²) < 4.78 is 5.30. The molecule has 0 heterocycles. The molecule has 0 spiro atoms. The zero-order valence-corrected chi connectivity index (χ0v) is 8.62. The fourth-order valence-corrected chi connectivity index (χ4v) is 1.27. The van der Waals surface area contributed by atoms with Crippen LogP contribution in [0.1, 0.15) is 13.8 Å². The van der Waals surface area contributed by atoms with Crippen molar-refractivity contribution < 1.29 is 9.22 Å². The van der Waals surface area contributed by atoms with E-state index >= 15 is 0 Å². The quantitative estimate of drug-likeness (QED) is 0.461. The van der Waals surface area contributed by atoms with Gasteiger partial charge in [0, 0.05) is 6.92 Å².